The van der Waals surface area contributed by atoms with E-state index in [1.807, 2.05) is 4.90 Å². The lowest BCUT2D eigenvalue weighted by Crippen LogP contribution is -2.54. The van der Waals surface area contributed by atoms with Crippen LogP contribution in [-0.2, 0) is 15.0 Å². The lowest BCUT2D eigenvalue weighted by Gasteiger charge is -2.37. The van der Waals surface area contributed by atoms with E-state index in [-0.39, 0.29) is 13.0 Å². The summed E-state index contributed by atoms with van der Waals surface area (Å²) in [7, 11) is -2.22. The fourth-order valence-electron chi connectivity index (χ4n) is 2.23. The maximum absolute atomic E-state index is 12.3. The van der Waals surface area contributed by atoms with Gasteiger partial charge in [-0.05, 0) is 13.8 Å². The number of aliphatic hydroxyl groups is 1. The van der Waals surface area contributed by atoms with Gasteiger partial charge in [0.25, 0.3) is 10.2 Å². The summed E-state index contributed by atoms with van der Waals surface area (Å²) in [6.45, 7) is 5.68. The minimum Gasteiger partial charge on any atom is -0.481 e. The maximum Gasteiger partial charge on any atom is 0.304 e. The van der Waals surface area contributed by atoms with E-state index >= 15 is 0 Å². The van der Waals surface area contributed by atoms with Crippen LogP contribution in [0.5, 0.6) is 0 Å². The van der Waals surface area contributed by atoms with Crippen molar-refractivity contribution < 1.29 is 23.4 Å². The molecular weight excluding hydrogens is 298 g/mol. The van der Waals surface area contributed by atoms with Crippen LogP contribution in [0, 0.1) is 0 Å². The van der Waals surface area contributed by atoms with Gasteiger partial charge in [0.15, 0.2) is 0 Å². The summed E-state index contributed by atoms with van der Waals surface area (Å²) in [5.41, 5.74) is -0.806. The molecule has 0 spiro atoms. The summed E-state index contributed by atoms with van der Waals surface area (Å²) in [5, 5.41) is 18.4. The molecule has 9 heteroatoms. The van der Waals surface area contributed by atoms with E-state index < -0.39 is 21.8 Å². The number of carbonyl (C=O) groups is 1. The van der Waals surface area contributed by atoms with Crippen LogP contribution in [0.3, 0.4) is 0 Å². The standard InChI is InChI=1S/C12H25N3O5S/c1-12(2,18)10-14-6-8-15(9-7-14)21(19,20)13(3)5-4-11(16)17/h18H,4-10H2,1-3H3,(H,16,17). The van der Waals surface area contributed by atoms with Crippen molar-refractivity contribution in [1.82, 2.24) is 13.5 Å². The monoisotopic (exact) mass is 323 g/mol. The van der Waals surface area contributed by atoms with Gasteiger partial charge in [-0.25, -0.2) is 0 Å². The van der Waals surface area contributed by atoms with E-state index in [0.717, 1.165) is 4.31 Å². The number of aliphatic carboxylic acids is 1. The minimum atomic E-state index is -3.61. The fourth-order valence-corrected chi connectivity index (χ4v) is 3.57. The predicted octanol–water partition coefficient (Wildman–Crippen LogP) is -0.974. The Balaban J connectivity index is 2.54. The molecule has 0 aromatic rings. The molecule has 0 unspecified atom stereocenters. The third kappa shape index (κ3) is 5.87. The van der Waals surface area contributed by atoms with Gasteiger partial charge in [0.05, 0.1) is 12.0 Å². The average molecular weight is 323 g/mol. The molecule has 0 bridgehead atoms. The molecule has 0 atom stereocenters. The lowest BCUT2D eigenvalue weighted by atomic mass is 10.1. The number of carboxylic acids is 1. The molecule has 124 valence electrons. The normalized spacial score (nSPS) is 19.1. The number of nitrogens with zero attached hydrogens (tertiary/aromatic N) is 3. The highest BCUT2D eigenvalue weighted by molar-refractivity contribution is 7.86. The number of hydrogen-bond donors (Lipinski definition) is 2. The number of β-amino-alcohol motifs (C(OH)–C–C–N with tert-alkyl or cyclic N) is 1. The van der Waals surface area contributed by atoms with Crippen molar-refractivity contribution in [2.75, 3.05) is 46.3 Å². The van der Waals surface area contributed by atoms with Gasteiger partial charge in [0.2, 0.25) is 0 Å². The lowest BCUT2D eigenvalue weighted by molar-refractivity contribution is -0.137. The molecule has 1 fully saturated rings. The number of piperazine rings is 1. The molecule has 0 amide bonds. The molecule has 21 heavy (non-hydrogen) atoms. The second kappa shape index (κ2) is 7.01. The van der Waals surface area contributed by atoms with Crippen molar-refractivity contribution in [3.63, 3.8) is 0 Å². The first-order chi connectivity index (χ1) is 9.52. The van der Waals surface area contributed by atoms with E-state index in [9.17, 15) is 18.3 Å². The van der Waals surface area contributed by atoms with Crippen LogP contribution >= 0.6 is 0 Å². The van der Waals surface area contributed by atoms with Crippen molar-refractivity contribution in [3.05, 3.63) is 0 Å². The summed E-state index contributed by atoms with van der Waals surface area (Å²) >= 11 is 0. The Morgan fingerprint density at radius 2 is 1.76 bits per heavy atom. The molecule has 1 aliphatic rings. The smallest absolute Gasteiger partial charge is 0.304 e. The van der Waals surface area contributed by atoms with E-state index in [2.05, 4.69) is 0 Å². The van der Waals surface area contributed by atoms with Crippen LogP contribution in [-0.4, -0.2) is 90.0 Å². The van der Waals surface area contributed by atoms with Gasteiger partial charge < -0.3 is 10.2 Å². The summed E-state index contributed by atoms with van der Waals surface area (Å²) in [4.78, 5) is 12.5. The molecule has 1 saturated heterocycles. The molecule has 0 aromatic heterocycles. The highest BCUT2D eigenvalue weighted by atomic mass is 32.2. The number of carboxylic acid groups (broad SMARTS) is 1. The molecule has 0 aromatic carbocycles. The highest BCUT2D eigenvalue weighted by Crippen LogP contribution is 2.13. The Morgan fingerprint density at radius 3 is 2.19 bits per heavy atom. The summed E-state index contributed by atoms with van der Waals surface area (Å²) in [6.07, 6.45) is -0.214. The molecule has 0 saturated carbocycles. The molecule has 0 radical (unpaired) electrons. The number of hydrogen-bond acceptors (Lipinski definition) is 5. The maximum atomic E-state index is 12.3. The van der Waals surface area contributed by atoms with Crippen molar-refractivity contribution in [2.24, 2.45) is 0 Å². The molecule has 1 heterocycles. The third-order valence-electron chi connectivity index (χ3n) is 3.30. The van der Waals surface area contributed by atoms with Gasteiger partial charge in [0.1, 0.15) is 0 Å². The minimum absolute atomic E-state index is 0.0401. The second-order valence-electron chi connectivity index (χ2n) is 5.96. The highest BCUT2D eigenvalue weighted by Gasteiger charge is 2.31. The largest absolute Gasteiger partial charge is 0.481 e. The SMILES string of the molecule is CN(CCC(=O)O)S(=O)(=O)N1CCN(CC(C)(C)O)CC1. The van der Waals surface area contributed by atoms with Gasteiger partial charge >= 0.3 is 5.97 Å². The Kier molecular flexibility index (Phi) is 6.11. The van der Waals surface area contributed by atoms with Crippen molar-refractivity contribution >= 4 is 16.2 Å². The molecule has 2 N–H and O–H groups in total. The van der Waals surface area contributed by atoms with E-state index in [1.165, 1.54) is 11.4 Å². The number of rotatable bonds is 7. The van der Waals surface area contributed by atoms with Crippen molar-refractivity contribution in [3.8, 4) is 0 Å². The summed E-state index contributed by atoms with van der Waals surface area (Å²) in [5.74, 6) is -1.02. The zero-order chi connectivity index (χ0) is 16.3. The van der Waals surface area contributed by atoms with Crippen LogP contribution in [0.2, 0.25) is 0 Å². The molecule has 1 aliphatic heterocycles. The average Bonchev–Trinajstić information content (AvgIpc) is 2.34. The first-order valence-electron chi connectivity index (χ1n) is 6.90. The van der Waals surface area contributed by atoms with Crippen molar-refractivity contribution in [2.45, 2.75) is 25.9 Å². The second-order valence-corrected chi connectivity index (χ2v) is 8.00. The van der Waals surface area contributed by atoms with Crippen LogP contribution in [0.15, 0.2) is 0 Å². The third-order valence-corrected chi connectivity index (χ3v) is 5.29. The molecule has 8 nitrogen and oxygen atoms in total. The Labute approximate surface area is 126 Å². The van der Waals surface area contributed by atoms with Crippen LogP contribution in [0.4, 0.5) is 0 Å². The van der Waals surface area contributed by atoms with E-state index in [4.69, 9.17) is 5.11 Å². The predicted molar refractivity (Wildman–Crippen MR) is 78.1 cm³/mol. The van der Waals surface area contributed by atoms with Crippen LogP contribution in [0.1, 0.15) is 20.3 Å². The molecule has 1 rings (SSSR count). The van der Waals surface area contributed by atoms with E-state index in [0.29, 0.717) is 32.7 Å². The topological polar surface area (TPSA) is 101 Å². The van der Waals surface area contributed by atoms with Crippen molar-refractivity contribution in [1.29, 1.82) is 0 Å². The van der Waals surface area contributed by atoms with Gasteiger partial charge in [-0.15, -0.1) is 0 Å². The first kappa shape index (κ1) is 18.3. The Hall–Kier alpha value is -0.740. The van der Waals surface area contributed by atoms with E-state index in [1.54, 1.807) is 13.8 Å². The van der Waals surface area contributed by atoms with Gasteiger partial charge in [-0.1, -0.05) is 0 Å². The quantitative estimate of drug-likeness (QED) is 0.625. The molecular formula is C12H25N3O5S. The van der Waals surface area contributed by atoms with Crippen LogP contribution < -0.4 is 0 Å². The summed E-state index contributed by atoms with van der Waals surface area (Å²) < 4.78 is 27.0. The van der Waals surface area contributed by atoms with Crippen LogP contribution in [0.25, 0.3) is 0 Å². The van der Waals surface area contributed by atoms with Gasteiger partial charge in [-0.2, -0.15) is 17.0 Å². The van der Waals surface area contributed by atoms with Gasteiger partial charge in [0, 0.05) is 46.3 Å². The first-order valence-corrected chi connectivity index (χ1v) is 8.30. The summed E-state index contributed by atoms with van der Waals surface area (Å²) in [6, 6.07) is 0. The Bertz CT molecular complexity index is 452. The zero-order valence-electron chi connectivity index (χ0n) is 12.8. The zero-order valence-corrected chi connectivity index (χ0v) is 13.6. The Morgan fingerprint density at radius 1 is 1.24 bits per heavy atom. The van der Waals surface area contributed by atoms with Gasteiger partial charge in [-0.3, -0.25) is 9.69 Å². The molecule has 0 aliphatic carbocycles. The fraction of sp³-hybridized carbons (Fsp3) is 0.917.